The van der Waals surface area contributed by atoms with E-state index in [4.69, 9.17) is 0 Å². The zero-order valence-corrected chi connectivity index (χ0v) is 9.15. The van der Waals surface area contributed by atoms with E-state index in [2.05, 4.69) is 25.3 Å². The molecule has 3 rings (SSSR count). The van der Waals surface area contributed by atoms with Crippen molar-refractivity contribution in [2.24, 2.45) is 23.7 Å². The Hall–Kier alpha value is -1.04. The Balaban J connectivity index is 1.94. The minimum Gasteiger partial charge on any atom is -0.0988 e. The third-order valence-corrected chi connectivity index (χ3v) is 4.62. The topological polar surface area (TPSA) is 0 Å². The van der Waals surface area contributed by atoms with Gasteiger partial charge in [0.25, 0.3) is 0 Å². The summed E-state index contributed by atoms with van der Waals surface area (Å²) in [6, 6.07) is 0. The SMILES string of the molecule is C=CC1=C(C=C)CC2C3C=CC(C3)C2C1. The molecule has 0 radical (unpaired) electrons. The van der Waals surface area contributed by atoms with Gasteiger partial charge in [-0.15, -0.1) is 0 Å². The molecule has 0 amide bonds. The predicted octanol–water partition coefficient (Wildman–Crippen LogP) is 3.89. The van der Waals surface area contributed by atoms with Crippen LogP contribution in [0.5, 0.6) is 0 Å². The summed E-state index contributed by atoms with van der Waals surface area (Å²) in [6.45, 7) is 7.87. The maximum absolute atomic E-state index is 3.94. The summed E-state index contributed by atoms with van der Waals surface area (Å²) in [4.78, 5) is 0. The number of hydrogen-bond acceptors (Lipinski definition) is 0. The monoisotopic (exact) mass is 198 g/mol. The smallest absolute Gasteiger partial charge is 0.0193 e. The summed E-state index contributed by atoms with van der Waals surface area (Å²) in [7, 11) is 0. The predicted molar refractivity (Wildman–Crippen MR) is 64.4 cm³/mol. The number of hydrogen-bond donors (Lipinski definition) is 0. The van der Waals surface area contributed by atoms with Crippen molar-refractivity contribution in [3.05, 3.63) is 48.6 Å². The maximum Gasteiger partial charge on any atom is -0.0193 e. The van der Waals surface area contributed by atoms with Gasteiger partial charge in [-0.25, -0.2) is 0 Å². The summed E-state index contributed by atoms with van der Waals surface area (Å²) in [5.74, 6) is 3.52. The van der Waals surface area contributed by atoms with E-state index in [9.17, 15) is 0 Å². The molecule has 0 aromatic carbocycles. The molecule has 1 saturated carbocycles. The highest BCUT2D eigenvalue weighted by Gasteiger charge is 2.45. The normalized spacial score (nSPS) is 41.9. The maximum atomic E-state index is 3.94. The lowest BCUT2D eigenvalue weighted by molar-refractivity contribution is 0.292. The van der Waals surface area contributed by atoms with E-state index < -0.39 is 0 Å². The molecular weight excluding hydrogens is 180 g/mol. The minimum absolute atomic E-state index is 0.862. The fourth-order valence-electron chi connectivity index (χ4n) is 3.83. The third kappa shape index (κ3) is 1.20. The zero-order valence-electron chi connectivity index (χ0n) is 9.15. The molecule has 0 aliphatic heterocycles. The van der Waals surface area contributed by atoms with Gasteiger partial charge >= 0.3 is 0 Å². The van der Waals surface area contributed by atoms with Gasteiger partial charge in [0.05, 0.1) is 0 Å². The standard InChI is InChI=1S/C15H18/c1-3-10-8-14-12-5-6-13(7-12)15(14)9-11(10)4-2/h3-6,12-15H,1-2,7-9H2. The second kappa shape index (κ2) is 3.23. The van der Waals surface area contributed by atoms with E-state index >= 15 is 0 Å². The average Bonchev–Trinajstić information content (AvgIpc) is 2.88. The molecule has 4 atom stereocenters. The summed E-state index contributed by atoms with van der Waals surface area (Å²) in [6.07, 6.45) is 12.9. The molecule has 0 saturated heterocycles. The summed E-state index contributed by atoms with van der Waals surface area (Å²) >= 11 is 0. The van der Waals surface area contributed by atoms with Crippen LogP contribution in [0.4, 0.5) is 0 Å². The molecule has 0 heteroatoms. The van der Waals surface area contributed by atoms with Gasteiger partial charge in [0.2, 0.25) is 0 Å². The highest BCUT2D eigenvalue weighted by Crippen LogP contribution is 2.55. The fourth-order valence-corrected chi connectivity index (χ4v) is 3.83. The van der Waals surface area contributed by atoms with E-state index in [-0.39, 0.29) is 0 Å². The lowest BCUT2D eigenvalue weighted by Crippen LogP contribution is -2.24. The van der Waals surface area contributed by atoms with Crippen LogP contribution in [-0.4, -0.2) is 0 Å². The second-order valence-corrected chi connectivity index (χ2v) is 5.14. The Morgan fingerprint density at radius 2 is 1.40 bits per heavy atom. The van der Waals surface area contributed by atoms with Crippen molar-refractivity contribution in [1.82, 2.24) is 0 Å². The van der Waals surface area contributed by atoms with Gasteiger partial charge in [-0.1, -0.05) is 37.5 Å². The highest BCUT2D eigenvalue weighted by molar-refractivity contribution is 5.36. The quantitative estimate of drug-likeness (QED) is 0.590. The molecule has 0 N–H and O–H groups in total. The molecule has 3 aliphatic carbocycles. The van der Waals surface area contributed by atoms with Crippen LogP contribution in [0.2, 0.25) is 0 Å². The van der Waals surface area contributed by atoms with Crippen LogP contribution in [0.3, 0.4) is 0 Å². The van der Waals surface area contributed by atoms with Crippen molar-refractivity contribution in [3.63, 3.8) is 0 Å². The van der Waals surface area contributed by atoms with Gasteiger partial charge in [-0.2, -0.15) is 0 Å². The van der Waals surface area contributed by atoms with Crippen LogP contribution < -0.4 is 0 Å². The molecule has 15 heavy (non-hydrogen) atoms. The van der Waals surface area contributed by atoms with Crippen molar-refractivity contribution in [2.45, 2.75) is 19.3 Å². The van der Waals surface area contributed by atoms with Gasteiger partial charge in [0, 0.05) is 0 Å². The number of allylic oxidation sites excluding steroid dienone is 6. The van der Waals surface area contributed by atoms with Crippen molar-refractivity contribution in [3.8, 4) is 0 Å². The first kappa shape index (κ1) is 9.21. The van der Waals surface area contributed by atoms with Gasteiger partial charge < -0.3 is 0 Å². The van der Waals surface area contributed by atoms with Gasteiger partial charge in [-0.05, 0) is 54.1 Å². The molecular formula is C15H18. The third-order valence-electron chi connectivity index (χ3n) is 4.62. The molecule has 2 bridgehead atoms. The first-order valence-electron chi connectivity index (χ1n) is 5.98. The van der Waals surface area contributed by atoms with E-state index in [0.29, 0.717) is 0 Å². The molecule has 78 valence electrons. The Morgan fingerprint density at radius 1 is 0.933 bits per heavy atom. The Kier molecular flexibility index (Phi) is 1.98. The Bertz CT molecular complexity index is 335. The van der Waals surface area contributed by atoms with E-state index in [0.717, 1.165) is 23.7 Å². The van der Waals surface area contributed by atoms with Gasteiger partial charge in [0.15, 0.2) is 0 Å². The summed E-state index contributed by atoms with van der Waals surface area (Å²) in [5, 5.41) is 0. The molecule has 0 spiro atoms. The largest absolute Gasteiger partial charge is 0.0988 e. The van der Waals surface area contributed by atoms with Crippen LogP contribution in [-0.2, 0) is 0 Å². The Morgan fingerprint density at radius 3 is 1.80 bits per heavy atom. The fraction of sp³-hybridized carbons (Fsp3) is 0.467. The van der Waals surface area contributed by atoms with Crippen LogP contribution in [0.1, 0.15) is 19.3 Å². The molecule has 0 aromatic heterocycles. The van der Waals surface area contributed by atoms with Gasteiger partial charge in [-0.3, -0.25) is 0 Å². The van der Waals surface area contributed by atoms with Crippen LogP contribution in [0.15, 0.2) is 48.6 Å². The van der Waals surface area contributed by atoms with Crippen molar-refractivity contribution < 1.29 is 0 Å². The van der Waals surface area contributed by atoms with Crippen molar-refractivity contribution in [2.75, 3.05) is 0 Å². The molecule has 1 fully saturated rings. The highest BCUT2D eigenvalue weighted by atomic mass is 14.5. The minimum atomic E-state index is 0.862. The van der Waals surface area contributed by atoms with Crippen LogP contribution in [0, 0.1) is 23.7 Å². The molecule has 0 aromatic rings. The number of fused-ring (bicyclic) bond motifs is 5. The molecule has 0 heterocycles. The molecule has 0 nitrogen and oxygen atoms in total. The van der Waals surface area contributed by atoms with Crippen LogP contribution >= 0.6 is 0 Å². The summed E-state index contributed by atoms with van der Waals surface area (Å²) in [5.41, 5.74) is 2.90. The van der Waals surface area contributed by atoms with Crippen molar-refractivity contribution >= 4 is 0 Å². The number of rotatable bonds is 2. The van der Waals surface area contributed by atoms with E-state index in [1.807, 2.05) is 12.2 Å². The first-order valence-corrected chi connectivity index (χ1v) is 5.98. The van der Waals surface area contributed by atoms with Crippen LogP contribution in [0.25, 0.3) is 0 Å². The molecule has 4 unspecified atom stereocenters. The first-order chi connectivity index (χ1) is 7.33. The van der Waals surface area contributed by atoms with Crippen molar-refractivity contribution in [1.29, 1.82) is 0 Å². The summed E-state index contributed by atoms with van der Waals surface area (Å²) < 4.78 is 0. The Labute approximate surface area is 92.1 Å². The molecule has 3 aliphatic rings. The van der Waals surface area contributed by atoms with E-state index in [1.54, 1.807) is 0 Å². The second-order valence-electron chi connectivity index (χ2n) is 5.14. The lowest BCUT2D eigenvalue weighted by atomic mass is 9.71. The lowest BCUT2D eigenvalue weighted by Gasteiger charge is -2.34. The average molecular weight is 198 g/mol. The van der Waals surface area contributed by atoms with E-state index in [1.165, 1.54) is 30.4 Å². The van der Waals surface area contributed by atoms with Gasteiger partial charge in [0.1, 0.15) is 0 Å². The zero-order chi connectivity index (χ0) is 10.4.